The molecule has 2 N–H and O–H groups in total. The van der Waals surface area contributed by atoms with Crippen LogP contribution in [0.5, 0.6) is 5.75 Å². The van der Waals surface area contributed by atoms with Crippen molar-refractivity contribution in [3.63, 3.8) is 0 Å². The second-order valence-corrected chi connectivity index (χ2v) is 4.62. The Morgan fingerprint density at radius 2 is 2.17 bits per heavy atom. The van der Waals surface area contributed by atoms with Gasteiger partial charge in [0.25, 0.3) is 5.91 Å². The molecule has 0 aliphatic carbocycles. The molecular formula is C14H20N2O2. The Morgan fingerprint density at radius 1 is 1.44 bits per heavy atom. The SMILES string of the molecule is CCN(C(=O)c1cccc(O)c1)C1CCNCC1. The molecule has 4 nitrogen and oxygen atoms in total. The predicted molar refractivity (Wildman–Crippen MR) is 70.7 cm³/mol. The lowest BCUT2D eigenvalue weighted by Gasteiger charge is -2.34. The van der Waals surface area contributed by atoms with Crippen LogP contribution in [0.4, 0.5) is 0 Å². The molecule has 0 bridgehead atoms. The van der Waals surface area contributed by atoms with Crippen molar-refractivity contribution in [3.8, 4) is 5.75 Å². The summed E-state index contributed by atoms with van der Waals surface area (Å²) in [6.45, 7) is 4.64. The molecule has 1 heterocycles. The molecule has 2 rings (SSSR count). The third-order valence-corrected chi connectivity index (χ3v) is 3.44. The quantitative estimate of drug-likeness (QED) is 0.854. The number of aromatic hydroxyl groups is 1. The molecule has 1 amide bonds. The first kappa shape index (κ1) is 12.9. The number of phenolic OH excluding ortho intramolecular Hbond substituents is 1. The van der Waals surface area contributed by atoms with Crippen LogP contribution in [0.25, 0.3) is 0 Å². The lowest BCUT2D eigenvalue weighted by molar-refractivity contribution is 0.0655. The van der Waals surface area contributed by atoms with Gasteiger partial charge in [0.1, 0.15) is 5.75 Å². The molecule has 0 unspecified atom stereocenters. The van der Waals surface area contributed by atoms with Crippen molar-refractivity contribution in [2.75, 3.05) is 19.6 Å². The van der Waals surface area contributed by atoms with Crippen LogP contribution in [0.2, 0.25) is 0 Å². The van der Waals surface area contributed by atoms with Gasteiger partial charge in [-0.3, -0.25) is 4.79 Å². The Kier molecular flexibility index (Phi) is 4.20. The number of carbonyl (C=O) groups excluding carboxylic acids is 1. The van der Waals surface area contributed by atoms with Gasteiger partial charge in [-0.05, 0) is 51.1 Å². The van der Waals surface area contributed by atoms with Crippen molar-refractivity contribution in [3.05, 3.63) is 29.8 Å². The molecule has 0 saturated carbocycles. The number of benzene rings is 1. The van der Waals surface area contributed by atoms with Gasteiger partial charge in [-0.1, -0.05) is 6.07 Å². The fourth-order valence-electron chi connectivity index (χ4n) is 2.49. The summed E-state index contributed by atoms with van der Waals surface area (Å²) in [4.78, 5) is 14.3. The number of hydrogen-bond donors (Lipinski definition) is 2. The summed E-state index contributed by atoms with van der Waals surface area (Å²) in [6.07, 6.45) is 2.00. The molecular weight excluding hydrogens is 228 g/mol. The third kappa shape index (κ3) is 2.82. The fraction of sp³-hybridized carbons (Fsp3) is 0.500. The topological polar surface area (TPSA) is 52.6 Å². The first-order valence-electron chi connectivity index (χ1n) is 6.53. The molecule has 98 valence electrons. The van der Waals surface area contributed by atoms with Crippen LogP contribution in [-0.2, 0) is 0 Å². The van der Waals surface area contributed by atoms with Crippen LogP contribution in [-0.4, -0.2) is 41.6 Å². The van der Waals surface area contributed by atoms with Gasteiger partial charge in [-0.15, -0.1) is 0 Å². The lowest BCUT2D eigenvalue weighted by Crippen LogP contribution is -2.46. The zero-order chi connectivity index (χ0) is 13.0. The Balaban J connectivity index is 2.14. The van der Waals surface area contributed by atoms with Crippen LogP contribution in [0, 0.1) is 0 Å². The summed E-state index contributed by atoms with van der Waals surface area (Å²) in [6, 6.07) is 6.89. The summed E-state index contributed by atoms with van der Waals surface area (Å²) in [7, 11) is 0. The molecule has 1 saturated heterocycles. The minimum absolute atomic E-state index is 0.0142. The smallest absolute Gasteiger partial charge is 0.254 e. The Morgan fingerprint density at radius 3 is 2.78 bits per heavy atom. The number of hydrogen-bond acceptors (Lipinski definition) is 3. The van der Waals surface area contributed by atoms with E-state index in [0.29, 0.717) is 18.2 Å². The largest absolute Gasteiger partial charge is 0.508 e. The van der Waals surface area contributed by atoms with E-state index in [2.05, 4.69) is 5.32 Å². The van der Waals surface area contributed by atoms with E-state index in [9.17, 15) is 9.90 Å². The first-order chi connectivity index (χ1) is 8.72. The molecule has 1 aliphatic heterocycles. The van der Waals surface area contributed by atoms with Crippen LogP contribution in [0.15, 0.2) is 24.3 Å². The number of amides is 1. The third-order valence-electron chi connectivity index (χ3n) is 3.44. The highest BCUT2D eigenvalue weighted by molar-refractivity contribution is 5.94. The number of nitrogens with one attached hydrogen (secondary N) is 1. The molecule has 0 atom stereocenters. The molecule has 0 radical (unpaired) electrons. The van der Waals surface area contributed by atoms with Crippen molar-refractivity contribution < 1.29 is 9.90 Å². The summed E-state index contributed by atoms with van der Waals surface area (Å²) >= 11 is 0. The minimum atomic E-state index is 0.0142. The van der Waals surface area contributed by atoms with Crippen LogP contribution >= 0.6 is 0 Å². The highest BCUT2D eigenvalue weighted by atomic mass is 16.3. The van der Waals surface area contributed by atoms with Crippen molar-refractivity contribution in [2.45, 2.75) is 25.8 Å². The molecule has 1 aromatic rings. The number of piperidine rings is 1. The predicted octanol–water partition coefficient (Wildman–Crippen LogP) is 1.61. The maximum Gasteiger partial charge on any atom is 0.254 e. The molecule has 1 aromatic carbocycles. The van der Waals surface area contributed by atoms with Gasteiger partial charge in [-0.25, -0.2) is 0 Å². The monoisotopic (exact) mass is 248 g/mol. The van der Waals surface area contributed by atoms with Gasteiger partial charge in [0.05, 0.1) is 0 Å². The average molecular weight is 248 g/mol. The summed E-state index contributed by atoms with van der Waals surface area (Å²) < 4.78 is 0. The highest BCUT2D eigenvalue weighted by Gasteiger charge is 2.24. The van der Waals surface area contributed by atoms with E-state index in [1.165, 1.54) is 6.07 Å². The van der Waals surface area contributed by atoms with Crippen LogP contribution in [0.3, 0.4) is 0 Å². The molecule has 0 spiro atoms. The summed E-state index contributed by atoms with van der Waals surface area (Å²) in [5.41, 5.74) is 0.565. The van der Waals surface area contributed by atoms with Gasteiger partial charge in [0.15, 0.2) is 0 Å². The van der Waals surface area contributed by atoms with E-state index in [4.69, 9.17) is 0 Å². The summed E-state index contributed by atoms with van der Waals surface area (Å²) in [5, 5.41) is 12.7. The van der Waals surface area contributed by atoms with Gasteiger partial charge in [0, 0.05) is 18.2 Å². The molecule has 4 heteroatoms. The van der Waals surface area contributed by atoms with Crippen molar-refractivity contribution in [1.82, 2.24) is 10.2 Å². The standard InChI is InChI=1S/C14H20N2O2/c1-2-16(12-6-8-15-9-7-12)14(18)11-4-3-5-13(17)10-11/h3-5,10,12,15,17H,2,6-9H2,1H3. The number of phenols is 1. The van der Waals surface area contributed by atoms with Crippen LogP contribution < -0.4 is 5.32 Å². The van der Waals surface area contributed by atoms with Gasteiger partial charge in [-0.2, -0.15) is 0 Å². The second-order valence-electron chi connectivity index (χ2n) is 4.62. The Bertz CT molecular complexity index is 414. The van der Waals surface area contributed by atoms with E-state index >= 15 is 0 Å². The molecule has 0 aromatic heterocycles. The summed E-state index contributed by atoms with van der Waals surface area (Å²) in [5.74, 6) is 0.155. The molecule has 1 aliphatic rings. The minimum Gasteiger partial charge on any atom is -0.508 e. The van der Waals surface area contributed by atoms with Gasteiger partial charge >= 0.3 is 0 Å². The maximum absolute atomic E-state index is 12.4. The zero-order valence-corrected chi connectivity index (χ0v) is 10.7. The number of rotatable bonds is 3. The van der Waals surface area contributed by atoms with E-state index in [0.717, 1.165) is 25.9 Å². The fourth-order valence-corrected chi connectivity index (χ4v) is 2.49. The van der Waals surface area contributed by atoms with E-state index in [1.807, 2.05) is 11.8 Å². The number of carbonyl (C=O) groups is 1. The first-order valence-corrected chi connectivity index (χ1v) is 6.53. The van der Waals surface area contributed by atoms with E-state index in [-0.39, 0.29) is 11.7 Å². The van der Waals surface area contributed by atoms with Crippen molar-refractivity contribution in [1.29, 1.82) is 0 Å². The number of nitrogens with zero attached hydrogens (tertiary/aromatic N) is 1. The molecule has 1 fully saturated rings. The average Bonchev–Trinajstić information content (AvgIpc) is 2.41. The zero-order valence-electron chi connectivity index (χ0n) is 10.7. The highest BCUT2D eigenvalue weighted by Crippen LogP contribution is 2.18. The van der Waals surface area contributed by atoms with Gasteiger partial charge in [0.2, 0.25) is 0 Å². The van der Waals surface area contributed by atoms with Crippen molar-refractivity contribution >= 4 is 5.91 Å². The Labute approximate surface area is 108 Å². The van der Waals surface area contributed by atoms with E-state index < -0.39 is 0 Å². The molecule has 18 heavy (non-hydrogen) atoms. The normalized spacial score (nSPS) is 16.5. The van der Waals surface area contributed by atoms with E-state index in [1.54, 1.807) is 18.2 Å². The van der Waals surface area contributed by atoms with Gasteiger partial charge < -0.3 is 15.3 Å². The van der Waals surface area contributed by atoms with Crippen molar-refractivity contribution in [2.24, 2.45) is 0 Å². The second kappa shape index (κ2) is 5.87. The Hall–Kier alpha value is -1.55. The van der Waals surface area contributed by atoms with Crippen LogP contribution in [0.1, 0.15) is 30.1 Å². The maximum atomic E-state index is 12.4. The lowest BCUT2D eigenvalue weighted by atomic mass is 10.0.